The highest BCUT2D eigenvalue weighted by molar-refractivity contribution is 7.89. The summed E-state index contributed by atoms with van der Waals surface area (Å²) in [7, 11) is -3.82. The van der Waals surface area contributed by atoms with Crippen molar-refractivity contribution < 1.29 is 13.5 Å². The van der Waals surface area contributed by atoms with Crippen molar-refractivity contribution in [3.63, 3.8) is 0 Å². The number of primary sulfonamides is 1. The molecule has 1 aliphatic rings. The molecular weight excluding hydrogens is 440 g/mol. The molecule has 2 aromatic carbocycles. The van der Waals surface area contributed by atoms with Crippen LogP contribution in [0.25, 0.3) is 22.2 Å². The van der Waals surface area contributed by atoms with E-state index in [2.05, 4.69) is 4.98 Å². The molecule has 1 fully saturated rings. The Balaban J connectivity index is 1.52. The lowest BCUT2D eigenvalue weighted by Crippen LogP contribution is -2.32. The van der Waals surface area contributed by atoms with E-state index in [4.69, 9.17) is 10.2 Å². The van der Waals surface area contributed by atoms with Crippen molar-refractivity contribution in [3.05, 3.63) is 82.8 Å². The second-order valence-electron chi connectivity index (χ2n) is 8.56. The van der Waals surface area contributed by atoms with Gasteiger partial charge in [-0.3, -0.25) is 9.48 Å². The third kappa shape index (κ3) is 3.88. The number of hydrogen-bond donors (Lipinski definition) is 3. The molecule has 0 bridgehead atoms. The summed E-state index contributed by atoms with van der Waals surface area (Å²) in [5.74, 6) is 0. The van der Waals surface area contributed by atoms with E-state index in [1.807, 2.05) is 41.1 Å². The van der Waals surface area contributed by atoms with Crippen molar-refractivity contribution in [3.8, 4) is 11.3 Å². The third-order valence-corrected chi connectivity index (χ3v) is 7.46. The molecule has 0 atom stereocenters. The van der Waals surface area contributed by atoms with Crippen molar-refractivity contribution in [2.45, 2.75) is 42.2 Å². The molecule has 4 N–H and O–H groups in total. The van der Waals surface area contributed by atoms with Crippen LogP contribution in [-0.2, 0) is 15.6 Å². The molecule has 8 nitrogen and oxygen atoms in total. The molecule has 4 aromatic rings. The van der Waals surface area contributed by atoms with Crippen LogP contribution >= 0.6 is 0 Å². The van der Waals surface area contributed by atoms with Crippen LogP contribution in [0.4, 0.5) is 0 Å². The summed E-state index contributed by atoms with van der Waals surface area (Å²) in [6.07, 6.45) is 4.19. The van der Waals surface area contributed by atoms with Crippen molar-refractivity contribution >= 4 is 20.9 Å². The molecule has 5 rings (SSSR count). The van der Waals surface area contributed by atoms with Crippen LogP contribution in [-0.4, -0.2) is 28.3 Å². The molecule has 170 valence electrons. The number of aliphatic hydroxyl groups is 1. The molecule has 0 unspecified atom stereocenters. The summed E-state index contributed by atoms with van der Waals surface area (Å²) in [4.78, 5) is 15.4. The van der Waals surface area contributed by atoms with Crippen molar-refractivity contribution in [2.24, 2.45) is 5.14 Å². The number of aromatic nitrogens is 3. The number of pyridine rings is 1. The highest BCUT2D eigenvalue weighted by atomic mass is 32.2. The van der Waals surface area contributed by atoms with E-state index in [1.54, 1.807) is 18.3 Å². The quantitative estimate of drug-likeness (QED) is 0.427. The van der Waals surface area contributed by atoms with Gasteiger partial charge < -0.3 is 10.1 Å². The fourth-order valence-corrected chi connectivity index (χ4v) is 5.26. The number of nitrogens with one attached hydrogen (secondary N) is 1. The Morgan fingerprint density at radius 2 is 1.70 bits per heavy atom. The molecule has 2 heterocycles. The number of nitrogens with two attached hydrogens (primary N) is 1. The second-order valence-corrected chi connectivity index (χ2v) is 10.1. The fourth-order valence-electron chi connectivity index (χ4n) is 4.74. The van der Waals surface area contributed by atoms with Crippen LogP contribution in [0.2, 0.25) is 0 Å². The van der Waals surface area contributed by atoms with Crippen molar-refractivity contribution in [2.75, 3.05) is 0 Å². The van der Waals surface area contributed by atoms with Gasteiger partial charge in [-0.25, -0.2) is 13.6 Å². The molecule has 0 saturated heterocycles. The van der Waals surface area contributed by atoms with Gasteiger partial charge in [-0.05, 0) is 49.4 Å². The summed E-state index contributed by atoms with van der Waals surface area (Å²) in [6.45, 7) is 0. The lowest BCUT2D eigenvalue weighted by Gasteiger charge is -2.36. The molecule has 9 heteroatoms. The first-order valence-corrected chi connectivity index (χ1v) is 12.3. The Kier molecular flexibility index (Phi) is 5.19. The van der Waals surface area contributed by atoms with Crippen molar-refractivity contribution in [1.82, 2.24) is 14.8 Å². The Morgan fingerprint density at radius 1 is 1.03 bits per heavy atom. The largest absolute Gasteiger partial charge is 0.385 e. The maximum absolute atomic E-state index is 12.7. The molecule has 2 aromatic heterocycles. The Morgan fingerprint density at radius 3 is 2.33 bits per heavy atom. The van der Waals surface area contributed by atoms with E-state index in [0.717, 1.165) is 5.56 Å². The molecule has 0 amide bonds. The molecule has 1 saturated carbocycles. The lowest BCUT2D eigenvalue weighted by molar-refractivity contribution is -0.0131. The van der Waals surface area contributed by atoms with Gasteiger partial charge in [0.2, 0.25) is 10.0 Å². The van der Waals surface area contributed by atoms with Crippen LogP contribution in [0, 0.1) is 0 Å². The van der Waals surface area contributed by atoms with Gasteiger partial charge in [0.25, 0.3) is 5.56 Å². The molecule has 0 radical (unpaired) electrons. The van der Waals surface area contributed by atoms with Gasteiger partial charge in [0.05, 0.1) is 27.4 Å². The molecule has 0 spiro atoms. The van der Waals surface area contributed by atoms with Gasteiger partial charge in [-0.15, -0.1) is 0 Å². The second kappa shape index (κ2) is 7.95. The minimum atomic E-state index is -3.82. The van der Waals surface area contributed by atoms with E-state index >= 15 is 0 Å². The maximum Gasteiger partial charge on any atom is 0.259 e. The molecule has 33 heavy (non-hydrogen) atoms. The number of aromatic amines is 1. The van der Waals surface area contributed by atoms with Gasteiger partial charge in [-0.1, -0.05) is 42.5 Å². The summed E-state index contributed by atoms with van der Waals surface area (Å²) >= 11 is 0. The number of sulfonamides is 1. The molecule has 1 aliphatic carbocycles. The molecule has 0 aliphatic heterocycles. The summed E-state index contributed by atoms with van der Waals surface area (Å²) < 4.78 is 25.1. The summed E-state index contributed by atoms with van der Waals surface area (Å²) in [5.41, 5.74) is 1.60. The first kappa shape index (κ1) is 21.6. The zero-order valence-electron chi connectivity index (χ0n) is 17.8. The minimum Gasteiger partial charge on any atom is -0.385 e. The van der Waals surface area contributed by atoms with Gasteiger partial charge in [-0.2, -0.15) is 5.10 Å². The number of fused-ring (bicyclic) bond motifs is 1. The first-order valence-electron chi connectivity index (χ1n) is 10.8. The van der Waals surface area contributed by atoms with E-state index in [1.165, 1.54) is 12.1 Å². The van der Waals surface area contributed by atoms with E-state index < -0.39 is 15.6 Å². The van der Waals surface area contributed by atoms with Crippen LogP contribution < -0.4 is 10.7 Å². The van der Waals surface area contributed by atoms with Crippen LogP contribution in [0.5, 0.6) is 0 Å². The van der Waals surface area contributed by atoms with Gasteiger partial charge >= 0.3 is 0 Å². The highest BCUT2D eigenvalue weighted by Crippen LogP contribution is 2.42. The number of benzene rings is 2. The van der Waals surface area contributed by atoms with E-state index in [9.17, 15) is 18.3 Å². The minimum absolute atomic E-state index is 0.00336. The Bertz CT molecular complexity index is 1470. The van der Waals surface area contributed by atoms with E-state index in [-0.39, 0.29) is 16.5 Å². The topological polar surface area (TPSA) is 131 Å². The average molecular weight is 465 g/mol. The number of H-pyrrole nitrogens is 1. The van der Waals surface area contributed by atoms with Crippen LogP contribution in [0.1, 0.15) is 37.3 Å². The van der Waals surface area contributed by atoms with Gasteiger partial charge in [0.15, 0.2) is 0 Å². The smallest absolute Gasteiger partial charge is 0.259 e. The average Bonchev–Trinajstić information content (AvgIpc) is 3.21. The Hall–Kier alpha value is -3.27. The zero-order valence-corrected chi connectivity index (χ0v) is 18.6. The van der Waals surface area contributed by atoms with Crippen LogP contribution in [0.15, 0.2) is 76.6 Å². The monoisotopic (exact) mass is 464 g/mol. The first-order chi connectivity index (χ1) is 15.8. The van der Waals surface area contributed by atoms with E-state index in [0.29, 0.717) is 47.8 Å². The maximum atomic E-state index is 12.7. The fraction of sp³-hybridized carbons (Fsp3) is 0.250. The number of nitrogens with zero attached hydrogens (tertiary/aromatic N) is 2. The van der Waals surface area contributed by atoms with Crippen LogP contribution in [0.3, 0.4) is 0 Å². The zero-order chi connectivity index (χ0) is 23.2. The third-order valence-electron chi connectivity index (χ3n) is 6.53. The lowest BCUT2D eigenvalue weighted by atomic mass is 9.78. The predicted molar refractivity (Wildman–Crippen MR) is 125 cm³/mol. The van der Waals surface area contributed by atoms with Gasteiger partial charge in [0.1, 0.15) is 5.69 Å². The Labute approximate surface area is 190 Å². The normalized spacial score (nSPS) is 21.3. The predicted octanol–water partition coefficient (Wildman–Crippen LogP) is 3.04. The number of hydrogen-bond acceptors (Lipinski definition) is 5. The number of rotatable bonds is 4. The summed E-state index contributed by atoms with van der Waals surface area (Å²) in [6, 6.07) is 17.6. The summed E-state index contributed by atoms with van der Waals surface area (Å²) in [5, 5.41) is 21.6. The highest BCUT2D eigenvalue weighted by Gasteiger charge is 2.36. The standard InChI is InChI=1S/C24H24N4O4S/c25-33(31,32)19-8-6-16(7-9-19)22-21-20(12-15-26-23(21)29)28(27-22)18-10-13-24(30,14-11-18)17-4-2-1-3-5-17/h1-9,12,15,18,30H,10-11,13-14H2,(H,26,29)(H2,25,31,32). The SMILES string of the molecule is NS(=O)(=O)c1ccc(-c2nn(C3CCC(O)(c4ccccc4)CC3)c3cc[nH]c(=O)c23)cc1. The van der Waals surface area contributed by atoms with Crippen molar-refractivity contribution in [1.29, 1.82) is 0 Å². The molecular formula is C24H24N4O4S. The van der Waals surface area contributed by atoms with Gasteiger partial charge in [0, 0.05) is 11.8 Å².